The minimum absolute atomic E-state index is 0.0862. The minimum Gasteiger partial charge on any atom is -0.351 e. The second-order valence-corrected chi connectivity index (χ2v) is 10.6. The molecule has 0 atom stereocenters. The van der Waals surface area contributed by atoms with Crippen LogP contribution >= 0.6 is 23.2 Å². The highest BCUT2D eigenvalue weighted by atomic mass is 35.5. The van der Waals surface area contributed by atoms with Gasteiger partial charge in [-0.3, -0.25) is 4.79 Å². The van der Waals surface area contributed by atoms with Gasteiger partial charge in [0.25, 0.3) is 5.91 Å². The number of hydrogen-bond acceptors (Lipinski definition) is 3. The number of nitrogens with zero attached hydrogens (tertiary/aromatic N) is 1. The molecule has 156 valence electrons. The zero-order chi connectivity index (χ0) is 21.2. The predicted molar refractivity (Wildman–Crippen MR) is 116 cm³/mol. The molecule has 0 aromatic heterocycles. The van der Waals surface area contributed by atoms with Gasteiger partial charge in [0.15, 0.2) is 0 Å². The van der Waals surface area contributed by atoms with Crippen LogP contribution in [-0.2, 0) is 15.4 Å². The lowest BCUT2D eigenvalue weighted by Crippen LogP contribution is -2.37. The molecule has 1 heterocycles. The third-order valence-corrected chi connectivity index (χ3v) is 7.64. The van der Waals surface area contributed by atoms with Crippen LogP contribution in [0.25, 0.3) is 0 Å². The van der Waals surface area contributed by atoms with Crippen LogP contribution in [0.1, 0.15) is 42.6 Å². The predicted octanol–water partition coefficient (Wildman–Crippen LogP) is 4.49. The minimum atomic E-state index is -3.62. The molecule has 1 aliphatic rings. The molecule has 29 heavy (non-hydrogen) atoms. The fraction of sp³-hybridized carbons (Fsp3) is 0.381. The van der Waals surface area contributed by atoms with Gasteiger partial charge in [-0.15, -0.1) is 0 Å². The number of halogens is 2. The lowest BCUT2D eigenvalue weighted by Gasteiger charge is -2.26. The second-order valence-electron chi connectivity index (χ2n) is 7.83. The van der Waals surface area contributed by atoms with Gasteiger partial charge >= 0.3 is 0 Å². The monoisotopic (exact) mass is 454 g/mol. The van der Waals surface area contributed by atoms with Crippen LogP contribution in [0, 0.1) is 0 Å². The van der Waals surface area contributed by atoms with Crippen molar-refractivity contribution in [2.24, 2.45) is 0 Å². The summed E-state index contributed by atoms with van der Waals surface area (Å²) in [6.07, 6.45) is 1.69. The van der Waals surface area contributed by atoms with Crippen molar-refractivity contribution in [3.05, 3.63) is 63.6 Å². The first-order chi connectivity index (χ1) is 13.6. The molecular formula is C21H24Cl2N2O3S. The Kier molecular flexibility index (Phi) is 6.58. The van der Waals surface area contributed by atoms with Crippen molar-refractivity contribution < 1.29 is 13.2 Å². The summed E-state index contributed by atoms with van der Waals surface area (Å²) in [6.45, 7) is 5.33. The molecule has 0 unspecified atom stereocenters. The van der Waals surface area contributed by atoms with Crippen molar-refractivity contribution in [2.45, 2.75) is 37.0 Å². The van der Waals surface area contributed by atoms with E-state index in [9.17, 15) is 13.2 Å². The molecule has 0 aliphatic carbocycles. The standard InChI is InChI=1S/C21H24Cl2N2O3S/c1-21(2,15-6-5-7-16(22)12-15)14-24-20(26)18-13-17(8-9-19(18)23)29(27,28)25-10-3-4-11-25/h5-9,12-13H,3-4,10-11,14H2,1-2H3,(H,24,26). The number of sulfonamides is 1. The lowest BCUT2D eigenvalue weighted by molar-refractivity contribution is 0.0945. The number of nitrogens with one attached hydrogen (secondary N) is 1. The number of amides is 1. The molecule has 0 saturated carbocycles. The van der Waals surface area contributed by atoms with Crippen LogP contribution in [-0.4, -0.2) is 38.3 Å². The molecule has 0 spiro atoms. The molecule has 0 radical (unpaired) electrons. The second kappa shape index (κ2) is 8.64. The molecule has 8 heteroatoms. The summed E-state index contributed by atoms with van der Waals surface area (Å²) in [6, 6.07) is 11.7. The van der Waals surface area contributed by atoms with Crippen LogP contribution in [0.2, 0.25) is 10.0 Å². The molecule has 1 saturated heterocycles. The zero-order valence-corrected chi connectivity index (χ0v) is 18.7. The van der Waals surface area contributed by atoms with E-state index in [2.05, 4.69) is 5.32 Å². The Morgan fingerprint density at radius 1 is 1.10 bits per heavy atom. The highest BCUT2D eigenvalue weighted by molar-refractivity contribution is 7.89. The molecule has 1 amide bonds. The van der Waals surface area contributed by atoms with E-state index in [1.165, 1.54) is 22.5 Å². The maximum Gasteiger partial charge on any atom is 0.252 e. The smallest absolute Gasteiger partial charge is 0.252 e. The fourth-order valence-electron chi connectivity index (χ4n) is 3.32. The third-order valence-electron chi connectivity index (χ3n) is 5.18. The fourth-order valence-corrected chi connectivity index (χ4v) is 5.26. The molecule has 5 nitrogen and oxygen atoms in total. The Balaban J connectivity index is 1.79. The normalized spacial score (nSPS) is 15.4. The summed E-state index contributed by atoms with van der Waals surface area (Å²) in [5, 5.41) is 3.71. The first-order valence-corrected chi connectivity index (χ1v) is 11.6. The van der Waals surface area contributed by atoms with Crippen molar-refractivity contribution in [1.82, 2.24) is 9.62 Å². The van der Waals surface area contributed by atoms with Gasteiger partial charge in [0.1, 0.15) is 0 Å². The molecule has 3 rings (SSSR count). The van der Waals surface area contributed by atoms with Crippen molar-refractivity contribution in [3.63, 3.8) is 0 Å². The zero-order valence-electron chi connectivity index (χ0n) is 16.4. The van der Waals surface area contributed by atoms with Crippen molar-refractivity contribution >= 4 is 39.1 Å². The SMILES string of the molecule is CC(C)(CNC(=O)c1cc(S(=O)(=O)N2CCCC2)ccc1Cl)c1cccc(Cl)c1. The highest BCUT2D eigenvalue weighted by Crippen LogP contribution is 2.27. The molecule has 1 aliphatic heterocycles. The van der Waals surface area contributed by atoms with Gasteiger partial charge in [-0.1, -0.05) is 49.2 Å². The van der Waals surface area contributed by atoms with Gasteiger partial charge in [-0.25, -0.2) is 8.42 Å². The largest absolute Gasteiger partial charge is 0.351 e. The summed E-state index contributed by atoms with van der Waals surface area (Å²) in [5.74, 6) is -0.413. The first kappa shape index (κ1) is 22.1. The maximum absolute atomic E-state index is 12.8. The molecule has 2 aromatic rings. The molecule has 0 bridgehead atoms. The van der Waals surface area contributed by atoms with E-state index < -0.39 is 15.9 Å². The van der Waals surface area contributed by atoms with Crippen LogP contribution in [0.15, 0.2) is 47.4 Å². The average molecular weight is 455 g/mol. The molecular weight excluding hydrogens is 431 g/mol. The van der Waals surface area contributed by atoms with Gasteiger partial charge in [0.2, 0.25) is 10.0 Å². The summed E-state index contributed by atoms with van der Waals surface area (Å²) in [5.41, 5.74) is 0.766. The van der Waals surface area contributed by atoms with E-state index in [1.807, 2.05) is 32.0 Å². The van der Waals surface area contributed by atoms with Gasteiger partial charge in [-0.2, -0.15) is 4.31 Å². The van der Waals surface area contributed by atoms with Gasteiger partial charge < -0.3 is 5.32 Å². The first-order valence-electron chi connectivity index (χ1n) is 9.45. The number of carbonyl (C=O) groups excluding carboxylic acids is 1. The Morgan fingerprint density at radius 3 is 2.45 bits per heavy atom. The number of carbonyl (C=O) groups is 1. The average Bonchev–Trinajstić information content (AvgIpc) is 3.22. The number of benzene rings is 2. The Bertz CT molecular complexity index is 1020. The molecule has 2 aromatic carbocycles. The molecule has 1 N–H and O–H groups in total. The summed E-state index contributed by atoms with van der Waals surface area (Å²) < 4.78 is 27.0. The Morgan fingerprint density at radius 2 is 1.79 bits per heavy atom. The van der Waals surface area contributed by atoms with E-state index in [1.54, 1.807) is 6.07 Å². The number of hydrogen-bond donors (Lipinski definition) is 1. The van der Waals surface area contributed by atoms with E-state index in [4.69, 9.17) is 23.2 Å². The van der Waals surface area contributed by atoms with E-state index in [0.29, 0.717) is 24.7 Å². The lowest BCUT2D eigenvalue weighted by atomic mass is 9.84. The highest BCUT2D eigenvalue weighted by Gasteiger charge is 2.29. The van der Waals surface area contributed by atoms with Crippen molar-refractivity contribution in [1.29, 1.82) is 0 Å². The van der Waals surface area contributed by atoms with E-state index >= 15 is 0 Å². The van der Waals surface area contributed by atoms with Crippen LogP contribution in [0.3, 0.4) is 0 Å². The summed E-state index contributed by atoms with van der Waals surface area (Å²) in [7, 11) is -3.62. The summed E-state index contributed by atoms with van der Waals surface area (Å²) in [4.78, 5) is 12.9. The van der Waals surface area contributed by atoms with Crippen molar-refractivity contribution in [3.8, 4) is 0 Å². The third kappa shape index (κ3) is 4.94. The van der Waals surface area contributed by atoms with E-state index in [-0.39, 0.29) is 20.9 Å². The number of rotatable bonds is 6. The molecule has 1 fully saturated rings. The van der Waals surface area contributed by atoms with Crippen LogP contribution in [0.5, 0.6) is 0 Å². The van der Waals surface area contributed by atoms with Gasteiger partial charge in [0, 0.05) is 30.1 Å². The van der Waals surface area contributed by atoms with Crippen LogP contribution < -0.4 is 5.32 Å². The quantitative estimate of drug-likeness (QED) is 0.698. The Hall–Kier alpha value is -1.60. The van der Waals surface area contributed by atoms with Gasteiger partial charge in [-0.05, 0) is 48.7 Å². The topological polar surface area (TPSA) is 66.5 Å². The maximum atomic E-state index is 12.8. The van der Waals surface area contributed by atoms with E-state index in [0.717, 1.165) is 18.4 Å². The van der Waals surface area contributed by atoms with Gasteiger partial charge in [0.05, 0.1) is 15.5 Å². The van der Waals surface area contributed by atoms with Crippen LogP contribution in [0.4, 0.5) is 0 Å². The summed E-state index contributed by atoms with van der Waals surface area (Å²) >= 11 is 12.3. The Labute approximate surface area is 182 Å². The van der Waals surface area contributed by atoms with Crippen molar-refractivity contribution in [2.75, 3.05) is 19.6 Å².